The van der Waals surface area contributed by atoms with Crippen LogP contribution in [-0.2, 0) is 0 Å². The van der Waals surface area contributed by atoms with E-state index in [1.54, 1.807) is 0 Å². The van der Waals surface area contributed by atoms with Crippen LogP contribution in [0, 0.1) is 0 Å². The fourth-order valence-corrected chi connectivity index (χ4v) is 2.49. The molecule has 0 unspecified atom stereocenters. The van der Waals surface area contributed by atoms with Crippen LogP contribution in [0.2, 0.25) is 0 Å². The quantitative estimate of drug-likeness (QED) is 0.825. The van der Waals surface area contributed by atoms with E-state index in [0.717, 1.165) is 25.9 Å². The molecule has 1 heterocycles. The van der Waals surface area contributed by atoms with Crippen molar-refractivity contribution in [3.63, 3.8) is 0 Å². The van der Waals surface area contributed by atoms with Crippen molar-refractivity contribution in [2.24, 2.45) is 0 Å². The average molecular weight is 263 g/mol. The molecule has 0 aromatic heterocycles. The van der Waals surface area contributed by atoms with Crippen LogP contribution < -0.4 is 4.90 Å². The minimum Gasteiger partial charge on any atom is -0.506 e. The molecule has 0 aliphatic carbocycles. The molecule has 0 bridgehead atoms. The van der Waals surface area contributed by atoms with Crippen molar-refractivity contribution in [1.82, 2.24) is 0 Å². The summed E-state index contributed by atoms with van der Waals surface area (Å²) in [6.07, 6.45) is 2.02. The van der Waals surface area contributed by atoms with E-state index in [4.69, 9.17) is 0 Å². The molecule has 1 aromatic carbocycles. The standard InChI is InChI=1S/C11H12F3NOS/c12-11(13,14)17-8-3-4-10(16)9(7-8)15-5-1-2-6-15/h3-4,7,16H,1-2,5-6H2. The number of hydrogen-bond acceptors (Lipinski definition) is 3. The Bertz CT molecular complexity index is 402. The third kappa shape index (κ3) is 3.21. The van der Waals surface area contributed by atoms with Gasteiger partial charge in [-0.25, -0.2) is 0 Å². The number of alkyl halides is 3. The van der Waals surface area contributed by atoms with Crippen LogP contribution in [0.5, 0.6) is 5.75 Å². The smallest absolute Gasteiger partial charge is 0.446 e. The van der Waals surface area contributed by atoms with Crippen LogP contribution in [0.1, 0.15) is 12.8 Å². The van der Waals surface area contributed by atoms with Gasteiger partial charge in [-0.05, 0) is 42.8 Å². The third-order valence-electron chi connectivity index (χ3n) is 2.63. The van der Waals surface area contributed by atoms with Gasteiger partial charge >= 0.3 is 5.51 Å². The first kappa shape index (κ1) is 12.4. The van der Waals surface area contributed by atoms with Crippen molar-refractivity contribution in [3.05, 3.63) is 18.2 Å². The van der Waals surface area contributed by atoms with E-state index in [1.807, 2.05) is 4.90 Å². The highest BCUT2D eigenvalue weighted by molar-refractivity contribution is 8.00. The first-order chi connectivity index (χ1) is 7.96. The van der Waals surface area contributed by atoms with E-state index in [0.29, 0.717) is 5.69 Å². The van der Waals surface area contributed by atoms with Crippen molar-refractivity contribution in [3.8, 4) is 5.75 Å². The normalized spacial score (nSPS) is 16.5. The van der Waals surface area contributed by atoms with Crippen molar-refractivity contribution in [2.75, 3.05) is 18.0 Å². The van der Waals surface area contributed by atoms with Gasteiger partial charge < -0.3 is 10.0 Å². The molecule has 0 radical (unpaired) electrons. The molecule has 1 fully saturated rings. The maximum Gasteiger partial charge on any atom is 0.446 e. The molecule has 1 N–H and O–H groups in total. The van der Waals surface area contributed by atoms with E-state index in [2.05, 4.69) is 0 Å². The lowest BCUT2D eigenvalue weighted by atomic mass is 10.2. The first-order valence-corrected chi connectivity index (χ1v) is 6.11. The number of phenolic OH excluding ortho intramolecular Hbond substituents is 1. The van der Waals surface area contributed by atoms with Gasteiger partial charge in [-0.15, -0.1) is 0 Å². The van der Waals surface area contributed by atoms with Crippen LogP contribution in [0.3, 0.4) is 0 Å². The van der Waals surface area contributed by atoms with Gasteiger partial charge in [0.2, 0.25) is 0 Å². The second-order valence-corrected chi connectivity index (χ2v) is 5.03. The molecule has 2 rings (SSSR count). The molecule has 1 aliphatic heterocycles. The highest BCUT2D eigenvalue weighted by atomic mass is 32.2. The summed E-state index contributed by atoms with van der Waals surface area (Å²) >= 11 is -0.155. The van der Waals surface area contributed by atoms with Crippen LogP contribution >= 0.6 is 11.8 Å². The van der Waals surface area contributed by atoms with Crippen LogP contribution in [0.15, 0.2) is 23.1 Å². The predicted octanol–water partition coefficient (Wildman–Crippen LogP) is 3.60. The predicted molar refractivity (Wildman–Crippen MR) is 61.5 cm³/mol. The van der Waals surface area contributed by atoms with Gasteiger partial charge in [0.15, 0.2) is 0 Å². The molecule has 1 aromatic rings. The SMILES string of the molecule is Oc1ccc(SC(F)(F)F)cc1N1CCCC1. The highest BCUT2D eigenvalue weighted by Crippen LogP contribution is 2.40. The number of benzene rings is 1. The Kier molecular flexibility index (Phi) is 3.42. The maximum atomic E-state index is 12.2. The van der Waals surface area contributed by atoms with Gasteiger partial charge in [0.25, 0.3) is 0 Å². The lowest BCUT2D eigenvalue weighted by Crippen LogP contribution is -2.17. The van der Waals surface area contributed by atoms with Crippen molar-refractivity contribution < 1.29 is 18.3 Å². The van der Waals surface area contributed by atoms with Crippen LogP contribution in [0.25, 0.3) is 0 Å². The molecule has 6 heteroatoms. The minimum absolute atomic E-state index is 0.0402. The molecule has 2 nitrogen and oxygen atoms in total. The largest absolute Gasteiger partial charge is 0.506 e. The van der Waals surface area contributed by atoms with E-state index >= 15 is 0 Å². The topological polar surface area (TPSA) is 23.5 Å². The van der Waals surface area contributed by atoms with E-state index in [-0.39, 0.29) is 22.4 Å². The molecule has 0 atom stereocenters. The number of anilines is 1. The Labute approximate surface area is 101 Å². The highest BCUT2D eigenvalue weighted by Gasteiger charge is 2.29. The van der Waals surface area contributed by atoms with Crippen LogP contribution in [0.4, 0.5) is 18.9 Å². The Balaban J connectivity index is 2.22. The summed E-state index contributed by atoms with van der Waals surface area (Å²) in [6, 6.07) is 4.01. The Morgan fingerprint density at radius 2 is 1.82 bits per heavy atom. The number of hydrogen-bond donors (Lipinski definition) is 1. The zero-order valence-electron chi connectivity index (χ0n) is 9.00. The van der Waals surface area contributed by atoms with Gasteiger partial charge in [0.05, 0.1) is 5.69 Å². The summed E-state index contributed by atoms with van der Waals surface area (Å²) in [6.45, 7) is 1.57. The minimum atomic E-state index is -4.29. The number of thioether (sulfide) groups is 1. The summed E-state index contributed by atoms with van der Waals surface area (Å²) in [4.78, 5) is 2.02. The Hall–Kier alpha value is -1.04. The maximum absolute atomic E-state index is 12.2. The van der Waals surface area contributed by atoms with Gasteiger partial charge in [0.1, 0.15) is 5.75 Å². The molecule has 94 valence electrons. The second kappa shape index (κ2) is 4.68. The Morgan fingerprint density at radius 3 is 2.41 bits per heavy atom. The van der Waals surface area contributed by atoms with Crippen molar-refractivity contribution >= 4 is 17.4 Å². The monoisotopic (exact) mass is 263 g/mol. The lowest BCUT2D eigenvalue weighted by molar-refractivity contribution is -0.0328. The number of nitrogens with zero attached hydrogens (tertiary/aromatic N) is 1. The zero-order chi connectivity index (χ0) is 12.5. The fourth-order valence-electron chi connectivity index (χ4n) is 1.91. The molecule has 1 aliphatic rings. The second-order valence-electron chi connectivity index (χ2n) is 3.89. The molecule has 0 saturated carbocycles. The summed E-state index contributed by atoms with van der Waals surface area (Å²) in [5, 5.41) is 9.66. The number of rotatable bonds is 2. The summed E-state index contributed by atoms with van der Waals surface area (Å²) in [7, 11) is 0. The van der Waals surface area contributed by atoms with Gasteiger partial charge in [0, 0.05) is 18.0 Å². The van der Waals surface area contributed by atoms with Gasteiger partial charge in [-0.2, -0.15) is 13.2 Å². The van der Waals surface area contributed by atoms with Crippen molar-refractivity contribution in [2.45, 2.75) is 23.2 Å². The average Bonchev–Trinajstić information content (AvgIpc) is 2.72. The van der Waals surface area contributed by atoms with Crippen molar-refractivity contribution in [1.29, 1.82) is 0 Å². The van der Waals surface area contributed by atoms with Gasteiger partial charge in [-0.1, -0.05) is 0 Å². The molecule has 17 heavy (non-hydrogen) atoms. The molecule has 0 spiro atoms. The zero-order valence-corrected chi connectivity index (χ0v) is 9.81. The summed E-state index contributed by atoms with van der Waals surface area (Å²) in [5.41, 5.74) is -3.80. The fraction of sp³-hybridized carbons (Fsp3) is 0.455. The number of aromatic hydroxyl groups is 1. The molecular formula is C11H12F3NOS. The first-order valence-electron chi connectivity index (χ1n) is 5.29. The number of halogens is 3. The molecule has 0 amide bonds. The van der Waals surface area contributed by atoms with E-state index in [9.17, 15) is 18.3 Å². The third-order valence-corrected chi connectivity index (χ3v) is 3.35. The van der Waals surface area contributed by atoms with Gasteiger partial charge in [-0.3, -0.25) is 0 Å². The Morgan fingerprint density at radius 1 is 1.18 bits per heavy atom. The van der Waals surface area contributed by atoms with E-state index in [1.165, 1.54) is 18.2 Å². The van der Waals surface area contributed by atoms with E-state index < -0.39 is 5.51 Å². The van der Waals surface area contributed by atoms with Crippen LogP contribution in [-0.4, -0.2) is 23.7 Å². The summed E-state index contributed by atoms with van der Waals surface area (Å²) in [5.74, 6) is 0.0402. The number of phenols is 1. The lowest BCUT2D eigenvalue weighted by Gasteiger charge is -2.19. The molecule has 1 saturated heterocycles. The molecular weight excluding hydrogens is 251 g/mol. The summed E-state index contributed by atoms with van der Waals surface area (Å²) < 4.78 is 36.7.